The normalized spacial score (nSPS) is 18.5. The molecule has 2 aliphatic rings. The number of halogens is 3. The number of fused-ring (bicyclic) bond motifs is 1. The van der Waals surface area contributed by atoms with Crippen molar-refractivity contribution in [3.8, 4) is 5.75 Å². The van der Waals surface area contributed by atoms with Crippen molar-refractivity contribution < 1.29 is 27.5 Å². The molecule has 2 aromatic rings. The first-order valence-electron chi connectivity index (χ1n) is 10.1. The number of ether oxygens (including phenoxy) is 1. The number of hydrogen-bond donors (Lipinski definition) is 1. The van der Waals surface area contributed by atoms with Gasteiger partial charge in [-0.15, -0.1) is 0 Å². The second-order valence-corrected chi connectivity index (χ2v) is 7.56. The minimum absolute atomic E-state index is 0.169. The average Bonchev–Trinajstić information content (AvgIpc) is 3.28. The smallest absolute Gasteiger partial charge is 0.406 e. The molecule has 0 bridgehead atoms. The Balaban J connectivity index is 1.63. The van der Waals surface area contributed by atoms with Crippen molar-refractivity contribution in [2.45, 2.75) is 25.2 Å². The molecule has 0 spiro atoms. The van der Waals surface area contributed by atoms with E-state index in [0.29, 0.717) is 24.3 Å². The molecule has 2 aromatic carbocycles. The molecule has 1 atom stereocenters. The van der Waals surface area contributed by atoms with Gasteiger partial charge in [-0.2, -0.15) is 13.2 Å². The topological polar surface area (TPSA) is 61.9 Å². The lowest BCUT2D eigenvalue weighted by Gasteiger charge is -2.38. The SMILES string of the molecule is O=C(COc1ccccc1C1Nc2ccccc2C(=O)N1CC(F)(F)F)N1CCCC1. The summed E-state index contributed by atoms with van der Waals surface area (Å²) in [5.41, 5.74) is 0.966. The molecule has 0 aliphatic carbocycles. The van der Waals surface area contributed by atoms with Crippen LogP contribution in [0.25, 0.3) is 0 Å². The second kappa shape index (κ2) is 8.49. The van der Waals surface area contributed by atoms with Gasteiger partial charge in [0.1, 0.15) is 18.5 Å². The number of anilines is 1. The first kappa shape index (κ1) is 21.0. The van der Waals surface area contributed by atoms with Gasteiger partial charge >= 0.3 is 6.18 Å². The molecule has 2 aliphatic heterocycles. The molecule has 4 rings (SSSR count). The molecule has 0 radical (unpaired) electrons. The van der Waals surface area contributed by atoms with E-state index in [-0.39, 0.29) is 23.8 Å². The van der Waals surface area contributed by atoms with Crippen LogP contribution in [0.1, 0.15) is 34.9 Å². The minimum Gasteiger partial charge on any atom is -0.483 e. The highest BCUT2D eigenvalue weighted by atomic mass is 19.4. The third-order valence-corrected chi connectivity index (χ3v) is 5.40. The lowest BCUT2D eigenvalue weighted by atomic mass is 10.0. The van der Waals surface area contributed by atoms with Crippen molar-refractivity contribution in [3.05, 3.63) is 59.7 Å². The highest BCUT2D eigenvalue weighted by Crippen LogP contribution is 2.38. The molecule has 2 amide bonds. The zero-order valence-electron chi connectivity index (χ0n) is 16.7. The molecule has 1 saturated heterocycles. The molecular weight excluding hydrogens is 411 g/mol. The van der Waals surface area contributed by atoms with Crippen LogP contribution in [0, 0.1) is 0 Å². The van der Waals surface area contributed by atoms with Crippen LogP contribution in [0.5, 0.6) is 5.75 Å². The molecule has 1 unspecified atom stereocenters. The molecular formula is C22H22F3N3O3. The van der Waals surface area contributed by atoms with E-state index in [1.165, 1.54) is 6.07 Å². The summed E-state index contributed by atoms with van der Waals surface area (Å²) in [6, 6.07) is 12.9. The lowest BCUT2D eigenvalue weighted by molar-refractivity contribution is -0.144. The van der Waals surface area contributed by atoms with Crippen molar-refractivity contribution in [2.75, 3.05) is 31.6 Å². The number of carbonyl (C=O) groups is 2. The Hall–Kier alpha value is -3.23. The van der Waals surface area contributed by atoms with Crippen LogP contribution in [0.4, 0.5) is 18.9 Å². The summed E-state index contributed by atoms with van der Waals surface area (Å²) in [5.74, 6) is -0.635. The van der Waals surface area contributed by atoms with Gasteiger partial charge in [0.25, 0.3) is 11.8 Å². The molecule has 2 heterocycles. The van der Waals surface area contributed by atoms with E-state index in [1.54, 1.807) is 47.4 Å². The Labute approximate surface area is 177 Å². The predicted molar refractivity (Wildman–Crippen MR) is 108 cm³/mol. The van der Waals surface area contributed by atoms with Gasteiger partial charge in [0.05, 0.1) is 5.56 Å². The Kier molecular flexibility index (Phi) is 5.75. The molecule has 6 nitrogen and oxygen atoms in total. The van der Waals surface area contributed by atoms with Gasteiger partial charge in [-0.1, -0.05) is 30.3 Å². The first-order chi connectivity index (χ1) is 14.8. The predicted octanol–water partition coefficient (Wildman–Crippen LogP) is 3.82. The summed E-state index contributed by atoms with van der Waals surface area (Å²) in [7, 11) is 0. The summed E-state index contributed by atoms with van der Waals surface area (Å²) in [5, 5.41) is 3.03. The lowest BCUT2D eigenvalue weighted by Crippen LogP contribution is -2.47. The maximum absolute atomic E-state index is 13.3. The van der Waals surface area contributed by atoms with E-state index in [0.717, 1.165) is 17.7 Å². The van der Waals surface area contributed by atoms with Gasteiger partial charge < -0.3 is 19.9 Å². The molecule has 9 heteroatoms. The Morgan fingerprint density at radius 3 is 2.48 bits per heavy atom. The van der Waals surface area contributed by atoms with Gasteiger partial charge in [0, 0.05) is 24.3 Å². The van der Waals surface area contributed by atoms with Crippen molar-refractivity contribution in [2.24, 2.45) is 0 Å². The maximum Gasteiger partial charge on any atom is 0.406 e. The summed E-state index contributed by atoms with van der Waals surface area (Å²) < 4.78 is 45.6. The van der Waals surface area contributed by atoms with Crippen LogP contribution >= 0.6 is 0 Å². The summed E-state index contributed by atoms with van der Waals surface area (Å²) in [4.78, 5) is 27.7. The monoisotopic (exact) mass is 433 g/mol. The summed E-state index contributed by atoms with van der Waals surface area (Å²) in [6.07, 6.45) is -3.78. The Morgan fingerprint density at radius 1 is 1.06 bits per heavy atom. The largest absolute Gasteiger partial charge is 0.483 e. The average molecular weight is 433 g/mol. The summed E-state index contributed by atoms with van der Waals surface area (Å²) >= 11 is 0. The fourth-order valence-corrected chi connectivity index (χ4v) is 3.93. The minimum atomic E-state index is -4.58. The first-order valence-corrected chi connectivity index (χ1v) is 10.1. The van der Waals surface area contributed by atoms with E-state index >= 15 is 0 Å². The Morgan fingerprint density at radius 2 is 1.74 bits per heavy atom. The van der Waals surface area contributed by atoms with Crippen molar-refractivity contribution in [1.82, 2.24) is 9.80 Å². The number of rotatable bonds is 5. The van der Waals surface area contributed by atoms with Crippen molar-refractivity contribution in [1.29, 1.82) is 0 Å². The van der Waals surface area contributed by atoms with E-state index in [4.69, 9.17) is 4.74 Å². The molecule has 0 saturated carbocycles. The number of amides is 2. The van der Waals surface area contributed by atoms with Crippen LogP contribution < -0.4 is 10.1 Å². The van der Waals surface area contributed by atoms with Crippen LogP contribution in [0.3, 0.4) is 0 Å². The van der Waals surface area contributed by atoms with Crippen LogP contribution in [-0.2, 0) is 4.79 Å². The number of nitrogens with zero attached hydrogens (tertiary/aromatic N) is 2. The van der Waals surface area contributed by atoms with Crippen LogP contribution in [0.15, 0.2) is 48.5 Å². The fourth-order valence-electron chi connectivity index (χ4n) is 3.93. The molecule has 164 valence electrons. The zero-order chi connectivity index (χ0) is 22.0. The Bertz CT molecular complexity index is 974. The maximum atomic E-state index is 13.3. The third-order valence-electron chi connectivity index (χ3n) is 5.40. The van der Waals surface area contributed by atoms with Crippen molar-refractivity contribution >= 4 is 17.5 Å². The number of carbonyl (C=O) groups excluding carboxylic acids is 2. The number of para-hydroxylation sites is 2. The standard InChI is InChI=1S/C22H22F3N3O3/c23-22(24,25)14-28-20(26-17-9-3-1-7-15(17)21(28)30)16-8-2-4-10-18(16)31-13-19(29)27-11-5-6-12-27/h1-4,7-10,20,26H,5-6,11-14H2. The van der Waals surface area contributed by atoms with Crippen molar-refractivity contribution in [3.63, 3.8) is 0 Å². The molecule has 31 heavy (non-hydrogen) atoms. The summed E-state index contributed by atoms with van der Waals surface area (Å²) in [6.45, 7) is -0.274. The number of alkyl halides is 3. The fraction of sp³-hybridized carbons (Fsp3) is 0.364. The van der Waals surface area contributed by atoms with Gasteiger partial charge in [-0.05, 0) is 31.0 Å². The van der Waals surface area contributed by atoms with E-state index < -0.39 is 24.8 Å². The highest BCUT2D eigenvalue weighted by Gasteiger charge is 2.41. The third kappa shape index (κ3) is 4.60. The van der Waals surface area contributed by atoms with Crippen LogP contribution in [0.2, 0.25) is 0 Å². The van der Waals surface area contributed by atoms with E-state index in [9.17, 15) is 22.8 Å². The number of likely N-dealkylation sites (tertiary alicyclic amines) is 1. The number of nitrogens with one attached hydrogen (secondary N) is 1. The van der Waals surface area contributed by atoms with Gasteiger partial charge in [-0.25, -0.2) is 0 Å². The highest BCUT2D eigenvalue weighted by molar-refractivity contribution is 6.01. The van der Waals surface area contributed by atoms with E-state index in [2.05, 4.69) is 5.32 Å². The van der Waals surface area contributed by atoms with Gasteiger partial charge in [0.15, 0.2) is 6.61 Å². The van der Waals surface area contributed by atoms with Gasteiger partial charge in [0.2, 0.25) is 0 Å². The molecule has 0 aromatic heterocycles. The zero-order valence-corrected chi connectivity index (χ0v) is 16.7. The van der Waals surface area contributed by atoms with Crippen LogP contribution in [-0.4, -0.2) is 54.0 Å². The quantitative estimate of drug-likeness (QED) is 0.779. The second-order valence-electron chi connectivity index (χ2n) is 7.56. The molecule has 1 fully saturated rings. The number of benzene rings is 2. The van der Waals surface area contributed by atoms with E-state index in [1.807, 2.05) is 0 Å². The molecule has 1 N–H and O–H groups in total. The van der Waals surface area contributed by atoms with Gasteiger partial charge in [-0.3, -0.25) is 9.59 Å². The number of hydrogen-bond acceptors (Lipinski definition) is 4.